The van der Waals surface area contributed by atoms with Crippen LogP contribution in [0.25, 0.3) is 0 Å². The zero-order valence-electron chi connectivity index (χ0n) is 12.1. The van der Waals surface area contributed by atoms with Crippen molar-refractivity contribution >= 4 is 0 Å². The van der Waals surface area contributed by atoms with Gasteiger partial charge < -0.3 is 9.84 Å². The first kappa shape index (κ1) is 13.4. The van der Waals surface area contributed by atoms with Crippen LogP contribution in [0.2, 0.25) is 0 Å². The van der Waals surface area contributed by atoms with Crippen LogP contribution in [0.4, 0.5) is 0 Å². The summed E-state index contributed by atoms with van der Waals surface area (Å²) in [5, 5.41) is 9.47. The molecule has 0 aliphatic heterocycles. The first-order valence-corrected chi connectivity index (χ1v) is 6.64. The average molecular weight is 248 g/mol. The first-order chi connectivity index (χ1) is 8.31. The molecule has 0 fully saturated rings. The lowest BCUT2D eigenvalue weighted by molar-refractivity contribution is 0.271. The number of hydrogen-bond acceptors (Lipinski definition) is 2. The number of fused-ring (bicyclic) bond motifs is 1. The largest absolute Gasteiger partial charge is 0.496 e. The van der Waals surface area contributed by atoms with Crippen molar-refractivity contribution in [3.8, 4) is 5.75 Å². The van der Waals surface area contributed by atoms with Crippen LogP contribution in [0.15, 0.2) is 12.1 Å². The van der Waals surface area contributed by atoms with Gasteiger partial charge in [0.15, 0.2) is 0 Å². The molecule has 2 rings (SSSR count). The smallest absolute Gasteiger partial charge is 0.124 e. The van der Waals surface area contributed by atoms with E-state index in [1.807, 2.05) is 0 Å². The van der Waals surface area contributed by atoms with Gasteiger partial charge in [-0.15, -0.1) is 0 Å². The van der Waals surface area contributed by atoms with E-state index in [1.54, 1.807) is 7.11 Å². The average Bonchev–Trinajstić information content (AvgIpc) is 2.33. The Balaban J connectivity index is 2.68. The number of aliphatic hydroxyl groups is 1. The molecule has 0 atom stereocenters. The van der Waals surface area contributed by atoms with E-state index >= 15 is 0 Å². The van der Waals surface area contributed by atoms with Gasteiger partial charge in [-0.3, -0.25) is 0 Å². The minimum absolute atomic E-state index is 0.0347. The van der Waals surface area contributed by atoms with Crippen molar-refractivity contribution < 1.29 is 9.84 Å². The van der Waals surface area contributed by atoms with Crippen molar-refractivity contribution in [1.82, 2.24) is 0 Å². The number of benzene rings is 1. The van der Waals surface area contributed by atoms with Crippen molar-refractivity contribution in [1.29, 1.82) is 0 Å². The van der Waals surface area contributed by atoms with E-state index in [4.69, 9.17) is 4.74 Å². The Morgan fingerprint density at radius 1 is 1.06 bits per heavy atom. The lowest BCUT2D eigenvalue weighted by Gasteiger charge is -2.42. The Kier molecular flexibility index (Phi) is 3.18. The van der Waals surface area contributed by atoms with Gasteiger partial charge >= 0.3 is 0 Å². The molecule has 1 aromatic carbocycles. The molecule has 0 radical (unpaired) electrons. The Bertz CT molecular complexity index is 415. The molecule has 1 aliphatic carbocycles. The minimum Gasteiger partial charge on any atom is -0.496 e. The van der Waals surface area contributed by atoms with Gasteiger partial charge in [0.25, 0.3) is 0 Å². The second-order valence-corrected chi connectivity index (χ2v) is 6.64. The fourth-order valence-corrected chi connectivity index (χ4v) is 2.95. The van der Waals surface area contributed by atoms with E-state index in [0.717, 1.165) is 11.3 Å². The molecule has 1 N–H and O–H groups in total. The monoisotopic (exact) mass is 248 g/mol. The van der Waals surface area contributed by atoms with Gasteiger partial charge in [-0.05, 0) is 46.9 Å². The molecule has 1 aromatic rings. The van der Waals surface area contributed by atoms with Crippen LogP contribution in [0, 0.1) is 0 Å². The van der Waals surface area contributed by atoms with E-state index in [-0.39, 0.29) is 17.4 Å². The van der Waals surface area contributed by atoms with Gasteiger partial charge in [-0.1, -0.05) is 27.7 Å². The maximum Gasteiger partial charge on any atom is 0.124 e. The highest BCUT2D eigenvalue weighted by Crippen LogP contribution is 2.47. The molecule has 18 heavy (non-hydrogen) atoms. The molecular formula is C16H24O2. The highest BCUT2D eigenvalue weighted by molar-refractivity contribution is 5.49. The van der Waals surface area contributed by atoms with Crippen LogP contribution in [0.3, 0.4) is 0 Å². The molecule has 2 nitrogen and oxygen atoms in total. The molecule has 2 heteroatoms. The van der Waals surface area contributed by atoms with Crippen LogP contribution >= 0.6 is 0 Å². The van der Waals surface area contributed by atoms with Crippen LogP contribution in [-0.4, -0.2) is 12.2 Å². The molecule has 0 aromatic heterocycles. The molecule has 0 bridgehead atoms. The summed E-state index contributed by atoms with van der Waals surface area (Å²) < 4.78 is 5.40. The number of ether oxygens (including phenoxy) is 1. The highest BCUT2D eigenvalue weighted by atomic mass is 16.5. The van der Waals surface area contributed by atoms with Gasteiger partial charge in [0, 0.05) is 5.56 Å². The van der Waals surface area contributed by atoms with Crippen LogP contribution in [-0.2, 0) is 17.4 Å². The van der Waals surface area contributed by atoms with Gasteiger partial charge in [-0.2, -0.15) is 0 Å². The Labute approximate surface area is 110 Å². The summed E-state index contributed by atoms with van der Waals surface area (Å²) in [6, 6.07) is 4.26. The summed E-state index contributed by atoms with van der Waals surface area (Å²) >= 11 is 0. The Morgan fingerprint density at radius 3 is 2.00 bits per heavy atom. The second-order valence-electron chi connectivity index (χ2n) is 6.64. The fourth-order valence-electron chi connectivity index (χ4n) is 2.95. The van der Waals surface area contributed by atoms with Gasteiger partial charge in [0.05, 0.1) is 13.7 Å². The summed E-state index contributed by atoms with van der Waals surface area (Å²) in [7, 11) is 1.67. The van der Waals surface area contributed by atoms with E-state index in [9.17, 15) is 5.11 Å². The second kappa shape index (κ2) is 4.27. The molecular weight excluding hydrogens is 224 g/mol. The normalized spacial score (nSPS) is 20.3. The predicted octanol–water partition coefficient (Wildman–Crippen LogP) is 3.54. The SMILES string of the molecule is COc1cc2c(cc1CO)C(C)(C)CCC2(C)C. The van der Waals surface area contributed by atoms with Crippen LogP contribution in [0.5, 0.6) is 5.75 Å². The predicted molar refractivity (Wildman–Crippen MR) is 74.2 cm³/mol. The third kappa shape index (κ3) is 2.03. The van der Waals surface area contributed by atoms with Crippen molar-refractivity contribution in [2.45, 2.75) is 58.0 Å². The van der Waals surface area contributed by atoms with Crippen molar-refractivity contribution in [2.24, 2.45) is 0 Å². The summed E-state index contributed by atoms with van der Waals surface area (Å²) in [5.41, 5.74) is 3.99. The molecule has 0 spiro atoms. The molecule has 0 unspecified atom stereocenters. The number of hydrogen-bond donors (Lipinski definition) is 1. The number of aliphatic hydroxyl groups excluding tert-OH is 1. The van der Waals surface area contributed by atoms with E-state index in [1.165, 1.54) is 24.0 Å². The summed E-state index contributed by atoms with van der Waals surface area (Å²) in [6.07, 6.45) is 2.37. The molecule has 0 amide bonds. The number of rotatable bonds is 2. The zero-order valence-corrected chi connectivity index (χ0v) is 12.1. The lowest BCUT2D eigenvalue weighted by Crippen LogP contribution is -2.34. The Morgan fingerprint density at radius 2 is 1.56 bits per heavy atom. The Hall–Kier alpha value is -1.02. The van der Waals surface area contributed by atoms with Crippen LogP contribution in [0.1, 0.15) is 57.2 Å². The minimum atomic E-state index is 0.0347. The lowest BCUT2D eigenvalue weighted by atomic mass is 9.63. The zero-order chi connectivity index (χ0) is 13.6. The molecule has 100 valence electrons. The van der Waals surface area contributed by atoms with Gasteiger partial charge in [0.2, 0.25) is 0 Å². The maximum atomic E-state index is 9.47. The van der Waals surface area contributed by atoms with E-state index in [2.05, 4.69) is 39.8 Å². The third-order valence-corrected chi connectivity index (χ3v) is 4.42. The standard InChI is InChI=1S/C16H24O2/c1-15(2)6-7-16(3,4)13-9-14(18-5)11(10-17)8-12(13)15/h8-9,17H,6-7,10H2,1-5H3. The molecule has 0 heterocycles. The summed E-state index contributed by atoms with van der Waals surface area (Å²) in [4.78, 5) is 0. The van der Waals surface area contributed by atoms with Crippen molar-refractivity contribution in [2.75, 3.05) is 7.11 Å². The quantitative estimate of drug-likeness (QED) is 0.867. The fraction of sp³-hybridized carbons (Fsp3) is 0.625. The van der Waals surface area contributed by atoms with Gasteiger partial charge in [-0.25, -0.2) is 0 Å². The number of methoxy groups -OCH3 is 1. The molecule has 0 saturated carbocycles. The topological polar surface area (TPSA) is 29.5 Å². The van der Waals surface area contributed by atoms with E-state index in [0.29, 0.717) is 0 Å². The van der Waals surface area contributed by atoms with Crippen LogP contribution < -0.4 is 4.74 Å². The molecule has 0 saturated heterocycles. The van der Waals surface area contributed by atoms with Crippen molar-refractivity contribution in [3.63, 3.8) is 0 Å². The first-order valence-electron chi connectivity index (χ1n) is 6.64. The van der Waals surface area contributed by atoms with E-state index < -0.39 is 0 Å². The third-order valence-electron chi connectivity index (χ3n) is 4.42. The maximum absolute atomic E-state index is 9.47. The summed E-state index contributed by atoms with van der Waals surface area (Å²) in [5.74, 6) is 0.807. The summed E-state index contributed by atoms with van der Waals surface area (Å²) in [6.45, 7) is 9.19. The van der Waals surface area contributed by atoms with Gasteiger partial charge in [0.1, 0.15) is 5.75 Å². The molecule has 1 aliphatic rings. The van der Waals surface area contributed by atoms with Crippen molar-refractivity contribution in [3.05, 3.63) is 28.8 Å². The highest BCUT2D eigenvalue weighted by Gasteiger charge is 2.37.